The number of aliphatic hydroxyl groups excluding tert-OH is 2. The topological polar surface area (TPSA) is 142 Å². The van der Waals surface area contributed by atoms with Crippen LogP contribution in [0.2, 0.25) is 0 Å². The van der Waals surface area contributed by atoms with Crippen molar-refractivity contribution in [3.05, 3.63) is 101 Å². The second-order valence-electron chi connectivity index (χ2n) is 9.45. The first-order chi connectivity index (χ1) is 20.3. The van der Waals surface area contributed by atoms with Crippen molar-refractivity contribution < 1.29 is 29.3 Å². The number of hydrogen-bond acceptors (Lipinski definition) is 8. The van der Waals surface area contributed by atoms with Crippen molar-refractivity contribution >= 4 is 36.4 Å². The third-order valence-electron chi connectivity index (χ3n) is 6.37. The summed E-state index contributed by atoms with van der Waals surface area (Å²) in [5, 5.41) is 25.9. The summed E-state index contributed by atoms with van der Waals surface area (Å²) in [4.78, 5) is 24.3. The summed E-state index contributed by atoms with van der Waals surface area (Å²) in [6.45, 7) is 4.25. The molecule has 2 atom stereocenters. The van der Waals surface area contributed by atoms with E-state index in [2.05, 4.69) is 21.1 Å². The molecule has 2 aromatic carbocycles. The van der Waals surface area contributed by atoms with Crippen LogP contribution in [0, 0.1) is 5.92 Å². The van der Waals surface area contributed by atoms with Crippen molar-refractivity contribution in [3.8, 4) is 5.75 Å². The molecule has 1 aliphatic carbocycles. The van der Waals surface area contributed by atoms with Gasteiger partial charge in [0.05, 0.1) is 37.9 Å². The Morgan fingerprint density at radius 2 is 1.52 bits per heavy atom. The third-order valence-corrected chi connectivity index (χ3v) is 6.37. The minimum Gasteiger partial charge on any atom is -0.491 e. The van der Waals surface area contributed by atoms with Gasteiger partial charge in [0.2, 0.25) is 0 Å². The van der Waals surface area contributed by atoms with E-state index < -0.39 is 11.5 Å². The van der Waals surface area contributed by atoms with Crippen molar-refractivity contribution in [2.24, 2.45) is 16.1 Å². The van der Waals surface area contributed by atoms with Gasteiger partial charge in [0.15, 0.2) is 0 Å². The molecule has 0 saturated carbocycles. The van der Waals surface area contributed by atoms with E-state index in [1.54, 1.807) is 36.6 Å². The van der Waals surface area contributed by atoms with Crippen LogP contribution in [0.15, 0.2) is 94.7 Å². The van der Waals surface area contributed by atoms with Crippen LogP contribution in [0.1, 0.15) is 30.5 Å². The number of rotatable bonds is 14. The van der Waals surface area contributed by atoms with Gasteiger partial charge in [0.1, 0.15) is 12.4 Å². The zero-order chi connectivity index (χ0) is 30.2. The number of carbonyl (C=O) groups is 2. The van der Waals surface area contributed by atoms with Crippen LogP contribution in [0.5, 0.6) is 5.75 Å². The fraction of sp³-hybridized carbons (Fsp3) is 0.250. The lowest BCUT2D eigenvalue weighted by atomic mass is 9.81. The summed E-state index contributed by atoms with van der Waals surface area (Å²) < 4.78 is 11.1. The van der Waals surface area contributed by atoms with Gasteiger partial charge in [-0.05, 0) is 53.5 Å². The fourth-order valence-electron chi connectivity index (χ4n) is 3.89. The maximum absolute atomic E-state index is 12.2. The van der Waals surface area contributed by atoms with Crippen LogP contribution in [-0.2, 0) is 14.3 Å². The molecule has 0 radical (unpaired) electrons. The number of amides is 2. The molecule has 0 fully saturated rings. The number of allylic oxidation sites excluding steroid dienone is 2. The number of nitrogens with zero attached hydrogens (tertiary/aromatic N) is 2. The van der Waals surface area contributed by atoms with Crippen LogP contribution < -0.4 is 15.6 Å². The molecule has 2 amide bonds. The van der Waals surface area contributed by atoms with E-state index in [-0.39, 0.29) is 38.3 Å². The predicted molar refractivity (Wildman–Crippen MR) is 164 cm³/mol. The first-order valence-electron chi connectivity index (χ1n) is 13.4. The van der Waals surface area contributed by atoms with Crippen molar-refractivity contribution in [1.82, 2.24) is 10.9 Å². The number of benzene rings is 2. The largest absolute Gasteiger partial charge is 0.491 e. The van der Waals surface area contributed by atoms with Crippen molar-refractivity contribution in [3.63, 3.8) is 0 Å². The Kier molecular flexibility index (Phi) is 12.6. The third kappa shape index (κ3) is 10.4. The molecule has 3 rings (SSSR count). The van der Waals surface area contributed by atoms with Gasteiger partial charge in [0.25, 0.3) is 11.8 Å². The van der Waals surface area contributed by atoms with Crippen LogP contribution in [-0.4, -0.2) is 66.5 Å². The number of hydrogen-bond donors (Lipinski definition) is 4. The lowest BCUT2D eigenvalue weighted by molar-refractivity contribution is -0.117. The molecule has 10 nitrogen and oxygen atoms in total. The smallest absolute Gasteiger partial charge is 0.264 e. The SMILES string of the molecule is CC1C(/C=N/NC(=O)/C=C/c2ccc(/C=C/C(=O)N/N=C/c3cccc(OCCO)c3)cc2)=CC=CC1(C)OCCO. The monoisotopic (exact) mass is 572 g/mol. The second-order valence-corrected chi connectivity index (χ2v) is 9.45. The first-order valence-corrected chi connectivity index (χ1v) is 13.4. The van der Waals surface area contributed by atoms with Gasteiger partial charge >= 0.3 is 0 Å². The van der Waals surface area contributed by atoms with Gasteiger partial charge in [-0.15, -0.1) is 0 Å². The summed E-state index contributed by atoms with van der Waals surface area (Å²) in [5.74, 6) is -0.188. The molecule has 2 unspecified atom stereocenters. The molecule has 1 aliphatic rings. The second kappa shape index (κ2) is 16.6. The Hall–Kier alpha value is -4.64. The van der Waals surface area contributed by atoms with E-state index in [1.807, 2.05) is 62.4 Å². The van der Waals surface area contributed by atoms with E-state index in [1.165, 1.54) is 18.4 Å². The minimum absolute atomic E-state index is 0.0156. The standard InChI is InChI=1S/C32H36N4O6/c1-24-28(6-4-16-32(24,2)42-20-18-38)23-34-36-31(40)15-13-26-10-8-25(9-11-26)12-14-30(39)35-33-22-27-5-3-7-29(21-27)41-19-17-37/h3-16,21-24,37-38H,17-20H2,1-2H3,(H,35,39)(H,36,40)/b14-12+,15-13+,33-22+,34-23+. The number of hydrazone groups is 2. The molecule has 2 aromatic rings. The maximum atomic E-state index is 12.2. The Balaban J connectivity index is 1.44. The van der Waals surface area contributed by atoms with Gasteiger partial charge in [-0.3, -0.25) is 9.59 Å². The van der Waals surface area contributed by atoms with E-state index in [0.29, 0.717) is 5.75 Å². The Morgan fingerprint density at radius 3 is 2.14 bits per heavy atom. The molecule has 220 valence electrons. The molecule has 4 N–H and O–H groups in total. The van der Waals surface area contributed by atoms with Gasteiger partial charge in [-0.25, -0.2) is 10.9 Å². The number of nitrogens with one attached hydrogen (secondary N) is 2. The van der Waals surface area contributed by atoms with E-state index in [9.17, 15) is 9.59 Å². The molecule has 42 heavy (non-hydrogen) atoms. The number of ether oxygens (including phenoxy) is 2. The predicted octanol–water partition coefficient (Wildman–Crippen LogP) is 3.24. The lowest BCUT2D eigenvalue weighted by Crippen LogP contribution is -2.38. The summed E-state index contributed by atoms with van der Waals surface area (Å²) in [5.41, 5.74) is 7.59. The van der Waals surface area contributed by atoms with Crippen molar-refractivity contribution in [2.45, 2.75) is 19.4 Å². The molecule has 10 heteroatoms. The van der Waals surface area contributed by atoms with Gasteiger partial charge < -0.3 is 19.7 Å². The average molecular weight is 573 g/mol. The van der Waals surface area contributed by atoms with E-state index in [4.69, 9.17) is 19.7 Å². The van der Waals surface area contributed by atoms with Gasteiger partial charge in [0, 0.05) is 18.1 Å². The Morgan fingerprint density at radius 1 is 0.905 bits per heavy atom. The first kappa shape index (κ1) is 31.9. The van der Waals surface area contributed by atoms with Crippen molar-refractivity contribution in [2.75, 3.05) is 26.4 Å². The Bertz CT molecular complexity index is 1380. The summed E-state index contributed by atoms with van der Waals surface area (Å²) >= 11 is 0. The molecular weight excluding hydrogens is 536 g/mol. The maximum Gasteiger partial charge on any atom is 0.264 e. The quantitative estimate of drug-likeness (QED) is 0.156. The van der Waals surface area contributed by atoms with Crippen molar-refractivity contribution in [1.29, 1.82) is 0 Å². The highest BCUT2D eigenvalue weighted by molar-refractivity contribution is 5.93. The highest BCUT2D eigenvalue weighted by Crippen LogP contribution is 2.32. The van der Waals surface area contributed by atoms with Gasteiger partial charge in [-0.2, -0.15) is 10.2 Å². The van der Waals surface area contributed by atoms with E-state index in [0.717, 1.165) is 22.3 Å². The minimum atomic E-state index is -0.563. The van der Waals surface area contributed by atoms with Gasteiger partial charge in [-0.1, -0.05) is 61.5 Å². The molecule has 0 saturated heterocycles. The number of aliphatic hydroxyl groups is 2. The molecule has 0 spiro atoms. The zero-order valence-electron chi connectivity index (χ0n) is 23.6. The Labute approximate surface area is 245 Å². The summed E-state index contributed by atoms with van der Waals surface area (Å²) in [6, 6.07) is 14.4. The highest BCUT2D eigenvalue weighted by atomic mass is 16.5. The molecular formula is C32H36N4O6. The fourth-order valence-corrected chi connectivity index (χ4v) is 3.89. The lowest BCUT2D eigenvalue weighted by Gasteiger charge is -2.35. The average Bonchev–Trinajstić information content (AvgIpc) is 3.00. The van der Waals surface area contributed by atoms with Crippen LogP contribution in [0.4, 0.5) is 0 Å². The number of carbonyl (C=O) groups excluding carboxylic acids is 2. The van der Waals surface area contributed by atoms with Crippen LogP contribution in [0.3, 0.4) is 0 Å². The molecule has 0 aliphatic heterocycles. The highest BCUT2D eigenvalue weighted by Gasteiger charge is 2.33. The molecule has 0 aromatic heterocycles. The van der Waals surface area contributed by atoms with E-state index >= 15 is 0 Å². The molecule has 0 heterocycles. The zero-order valence-corrected chi connectivity index (χ0v) is 23.6. The van der Waals surface area contributed by atoms with Crippen LogP contribution >= 0.6 is 0 Å². The summed E-state index contributed by atoms with van der Waals surface area (Å²) in [6.07, 6.45) is 14.9. The molecule has 0 bridgehead atoms. The normalized spacial score (nSPS) is 18.7. The summed E-state index contributed by atoms with van der Waals surface area (Å²) in [7, 11) is 0. The van der Waals surface area contributed by atoms with Crippen LogP contribution in [0.25, 0.3) is 12.2 Å².